The van der Waals surface area contributed by atoms with Crippen LogP contribution in [0, 0.1) is 12.8 Å². The molecule has 2 aliphatic heterocycles. The molecular weight excluding hydrogens is 256 g/mol. The quantitative estimate of drug-likeness (QED) is 0.784. The minimum absolute atomic E-state index is 0.226. The number of rotatable bonds is 3. The van der Waals surface area contributed by atoms with Gasteiger partial charge in [0, 0.05) is 22.0 Å². The van der Waals surface area contributed by atoms with Gasteiger partial charge in [0.05, 0.1) is 7.11 Å². The predicted octanol–water partition coefficient (Wildman–Crippen LogP) is 3.86. The maximum absolute atomic E-state index is 12.7. The predicted molar refractivity (Wildman–Crippen MR) is 79.2 cm³/mol. The first-order valence-corrected chi connectivity index (χ1v) is 7.96. The van der Waals surface area contributed by atoms with E-state index in [4.69, 9.17) is 4.74 Å². The largest absolute Gasteiger partial charge is 0.497 e. The van der Waals surface area contributed by atoms with Gasteiger partial charge in [0.2, 0.25) is 0 Å². The van der Waals surface area contributed by atoms with Crippen molar-refractivity contribution in [2.24, 2.45) is 5.92 Å². The zero-order valence-corrected chi connectivity index (χ0v) is 12.3. The lowest BCUT2D eigenvalue weighted by Gasteiger charge is -2.26. The molecule has 2 saturated heterocycles. The summed E-state index contributed by atoms with van der Waals surface area (Å²) in [6.45, 7) is 2.01. The van der Waals surface area contributed by atoms with Crippen molar-refractivity contribution in [3.05, 3.63) is 29.3 Å². The fourth-order valence-corrected chi connectivity index (χ4v) is 5.06. The van der Waals surface area contributed by atoms with Crippen LogP contribution < -0.4 is 4.74 Å². The van der Waals surface area contributed by atoms with E-state index in [-0.39, 0.29) is 5.92 Å². The third-order valence-corrected chi connectivity index (χ3v) is 6.00. The zero-order valence-electron chi connectivity index (χ0n) is 11.5. The van der Waals surface area contributed by atoms with Gasteiger partial charge in [-0.25, -0.2) is 0 Å². The molecule has 2 aliphatic rings. The average Bonchev–Trinajstić information content (AvgIpc) is 2.77. The van der Waals surface area contributed by atoms with E-state index in [1.807, 2.05) is 25.1 Å². The molecule has 2 nitrogen and oxygen atoms in total. The topological polar surface area (TPSA) is 26.3 Å². The summed E-state index contributed by atoms with van der Waals surface area (Å²) in [5.74, 6) is 1.33. The Balaban J connectivity index is 1.83. The molecule has 0 radical (unpaired) electrons. The second-order valence-corrected chi connectivity index (χ2v) is 7.28. The number of Topliss-reactive ketones (excluding diaryl/α,β-unsaturated/α-hetero) is 1. The number of hydrogen-bond acceptors (Lipinski definition) is 3. The lowest BCUT2D eigenvalue weighted by atomic mass is 9.88. The van der Waals surface area contributed by atoms with Crippen LogP contribution in [0.3, 0.4) is 0 Å². The van der Waals surface area contributed by atoms with Crippen LogP contribution in [0.2, 0.25) is 0 Å². The Hall–Kier alpha value is -0.960. The maximum atomic E-state index is 12.7. The standard InChI is InChI=1S/C16H20O2S/c1-10-3-4-12(18-2)9-15(10)16(17)11-7-13-5-6-14(8-11)19-13/h3-4,9,11,13-14H,5-8H2,1-2H3. The molecule has 3 rings (SSSR count). The second kappa shape index (κ2) is 5.20. The zero-order chi connectivity index (χ0) is 13.4. The molecular formula is C16H20O2S. The minimum Gasteiger partial charge on any atom is -0.497 e. The molecule has 0 aromatic heterocycles. The number of fused-ring (bicyclic) bond motifs is 2. The van der Waals surface area contributed by atoms with Gasteiger partial charge in [0.25, 0.3) is 0 Å². The molecule has 0 aliphatic carbocycles. The summed E-state index contributed by atoms with van der Waals surface area (Å²) in [7, 11) is 1.65. The summed E-state index contributed by atoms with van der Waals surface area (Å²) < 4.78 is 5.25. The van der Waals surface area contributed by atoms with Crippen LogP contribution >= 0.6 is 11.8 Å². The SMILES string of the molecule is COc1ccc(C)c(C(=O)C2CC3CCC(C2)S3)c1. The highest BCUT2D eigenvalue weighted by atomic mass is 32.2. The number of carbonyl (C=O) groups is 1. The normalized spacial score (nSPS) is 29.3. The van der Waals surface area contributed by atoms with Crippen LogP contribution in [0.15, 0.2) is 18.2 Å². The van der Waals surface area contributed by atoms with E-state index in [0.717, 1.165) is 40.2 Å². The molecule has 0 amide bonds. The van der Waals surface area contributed by atoms with Gasteiger partial charge in [-0.1, -0.05) is 6.07 Å². The second-order valence-electron chi connectivity index (χ2n) is 5.67. The number of hydrogen-bond donors (Lipinski definition) is 0. The van der Waals surface area contributed by atoms with E-state index >= 15 is 0 Å². The smallest absolute Gasteiger partial charge is 0.166 e. The van der Waals surface area contributed by atoms with E-state index < -0.39 is 0 Å². The van der Waals surface area contributed by atoms with E-state index in [0.29, 0.717) is 5.78 Å². The van der Waals surface area contributed by atoms with Crippen LogP contribution in [-0.2, 0) is 0 Å². The molecule has 0 saturated carbocycles. The molecule has 19 heavy (non-hydrogen) atoms. The van der Waals surface area contributed by atoms with Crippen LogP contribution in [-0.4, -0.2) is 23.4 Å². The average molecular weight is 276 g/mol. The molecule has 102 valence electrons. The highest BCUT2D eigenvalue weighted by molar-refractivity contribution is 8.00. The number of thioether (sulfide) groups is 1. The van der Waals surface area contributed by atoms with E-state index in [9.17, 15) is 4.79 Å². The highest BCUT2D eigenvalue weighted by Gasteiger charge is 2.38. The van der Waals surface area contributed by atoms with Gasteiger partial charge in [-0.15, -0.1) is 0 Å². The molecule has 0 spiro atoms. The Morgan fingerprint density at radius 3 is 2.58 bits per heavy atom. The lowest BCUT2D eigenvalue weighted by molar-refractivity contribution is 0.0906. The lowest BCUT2D eigenvalue weighted by Crippen LogP contribution is -2.25. The van der Waals surface area contributed by atoms with Gasteiger partial charge >= 0.3 is 0 Å². The molecule has 2 fully saturated rings. The van der Waals surface area contributed by atoms with Crippen molar-refractivity contribution < 1.29 is 9.53 Å². The third kappa shape index (κ3) is 2.53. The number of carbonyl (C=O) groups excluding carboxylic acids is 1. The van der Waals surface area contributed by atoms with Crippen molar-refractivity contribution in [2.75, 3.05) is 7.11 Å². The Kier molecular flexibility index (Phi) is 3.57. The van der Waals surface area contributed by atoms with Crippen molar-refractivity contribution in [2.45, 2.75) is 43.1 Å². The molecule has 1 aromatic carbocycles. The van der Waals surface area contributed by atoms with Crippen LogP contribution in [0.5, 0.6) is 5.75 Å². The van der Waals surface area contributed by atoms with Crippen LogP contribution in [0.1, 0.15) is 41.6 Å². The van der Waals surface area contributed by atoms with Crippen LogP contribution in [0.25, 0.3) is 0 Å². The molecule has 2 bridgehead atoms. The van der Waals surface area contributed by atoms with Crippen molar-refractivity contribution in [1.82, 2.24) is 0 Å². The first-order valence-electron chi connectivity index (χ1n) is 7.01. The fraction of sp³-hybridized carbons (Fsp3) is 0.562. The third-order valence-electron chi connectivity index (χ3n) is 4.37. The Morgan fingerprint density at radius 1 is 1.26 bits per heavy atom. The number of methoxy groups -OCH3 is 1. The summed E-state index contributed by atoms with van der Waals surface area (Å²) >= 11 is 2.10. The summed E-state index contributed by atoms with van der Waals surface area (Å²) in [6.07, 6.45) is 4.74. The molecule has 3 heteroatoms. The van der Waals surface area contributed by atoms with Crippen molar-refractivity contribution in [1.29, 1.82) is 0 Å². The minimum atomic E-state index is 0.226. The fourth-order valence-electron chi connectivity index (χ4n) is 3.29. The summed E-state index contributed by atoms with van der Waals surface area (Å²) in [4.78, 5) is 12.7. The van der Waals surface area contributed by atoms with Crippen molar-refractivity contribution >= 4 is 17.5 Å². The van der Waals surface area contributed by atoms with Gasteiger partial charge in [0.1, 0.15) is 5.75 Å². The van der Waals surface area contributed by atoms with Crippen LogP contribution in [0.4, 0.5) is 0 Å². The summed E-state index contributed by atoms with van der Waals surface area (Å²) in [5, 5.41) is 1.44. The first-order chi connectivity index (χ1) is 9.17. The van der Waals surface area contributed by atoms with E-state index in [2.05, 4.69) is 11.8 Å². The van der Waals surface area contributed by atoms with Crippen molar-refractivity contribution in [3.8, 4) is 5.75 Å². The number of ether oxygens (including phenoxy) is 1. The van der Waals surface area contributed by atoms with Gasteiger partial charge in [0.15, 0.2) is 5.78 Å². The Bertz CT molecular complexity index is 486. The molecule has 2 heterocycles. The highest BCUT2D eigenvalue weighted by Crippen LogP contribution is 2.46. The van der Waals surface area contributed by atoms with E-state index in [1.165, 1.54) is 12.8 Å². The molecule has 2 atom stereocenters. The molecule has 2 unspecified atom stereocenters. The molecule has 0 N–H and O–H groups in total. The summed E-state index contributed by atoms with van der Waals surface area (Å²) in [5.41, 5.74) is 1.92. The monoisotopic (exact) mass is 276 g/mol. The first kappa shape index (κ1) is 13.0. The number of aryl methyl sites for hydroxylation is 1. The van der Waals surface area contributed by atoms with Gasteiger partial charge in [-0.2, -0.15) is 11.8 Å². The Labute approximate surface area is 118 Å². The summed E-state index contributed by atoms with van der Waals surface area (Å²) in [6, 6.07) is 5.81. The van der Waals surface area contributed by atoms with Gasteiger partial charge < -0.3 is 4.74 Å². The van der Waals surface area contributed by atoms with Crippen molar-refractivity contribution in [3.63, 3.8) is 0 Å². The van der Waals surface area contributed by atoms with Gasteiger partial charge in [-0.05, 0) is 50.3 Å². The molecule has 1 aromatic rings. The maximum Gasteiger partial charge on any atom is 0.166 e. The van der Waals surface area contributed by atoms with Gasteiger partial charge in [-0.3, -0.25) is 4.79 Å². The number of benzene rings is 1. The number of ketones is 1. The Morgan fingerprint density at radius 2 is 1.95 bits per heavy atom. The van der Waals surface area contributed by atoms with E-state index in [1.54, 1.807) is 7.11 Å².